The van der Waals surface area contributed by atoms with E-state index in [0.29, 0.717) is 17.9 Å². The van der Waals surface area contributed by atoms with Crippen molar-refractivity contribution in [2.75, 3.05) is 21.3 Å². The third-order valence-electron chi connectivity index (χ3n) is 9.82. The smallest absolute Gasteiger partial charge is 0.346 e. The first kappa shape index (κ1) is 42.3. The average molecular weight is 733 g/mol. The van der Waals surface area contributed by atoms with Crippen molar-refractivity contribution in [1.82, 2.24) is 0 Å². The molecule has 2 N–H and O–H groups in total. The Hall–Kier alpha value is -4.11. The summed E-state index contributed by atoms with van der Waals surface area (Å²) in [4.78, 5) is 66.1. The Balaban J connectivity index is 2.10. The van der Waals surface area contributed by atoms with Gasteiger partial charge in [0.15, 0.2) is 6.10 Å². The van der Waals surface area contributed by atoms with Crippen molar-refractivity contribution < 1.29 is 67.3 Å². The molecule has 52 heavy (non-hydrogen) atoms. The van der Waals surface area contributed by atoms with Gasteiger partial charge < -0.3 is 43.4 Å². The van der Waals surface area contributed by atoms with Gasteiger partial charge in [0.05, 0.1) is 21.3 Å². The second-order valence-electron chi connectivity index (χ2n) is 13.7. The fourth-order valence-electron chi connectivity index (χ4n) is 6.96. The molecule has 2 bridgehead atoms. The van der Waals surface area contributed by atoms with Gasteiger partial charge >= 0.3 is 29.8 Å². The van der Waals surface area contributed by atoms with Crippen LogP contribution in [-0.2, 0) is 63.6 Å². The van der Waals surface area contributed by atoms with E-state index < -0.39 is 77.7 Å². The van der Waals surface area contributed by atoms with Crippen LogP contribution in [0.1, 0.15) is 65.9 Å². The molecular weight excluding hydrogens is 680 g/mol. The molecule has 288 valence electrons. The Morgan fingerprint density at radius 3 is 2.19 bits per heavy atom. The first-order chi connectivity index (χ1) is 24.5. The van der Waals surface area contributed by atoms with Crippen LogP contribution in [0.4, 0.5) is 0 Å². The molecule has 2 heterocycles. The zero-order valence-electron chi connectivity index (χ0n) is 31.1. The van der Waals surface area contributed by atoms with E-state index in [1.165, 1.54) is 6.92 Å². The van der Waals surface area contributed by atoms with Gasteiger partial charge in [-0.15, -0.1) is 0 Å². The van der Waals surface area contributed by atoms with Crippen molar-refractivity contribution in [1.29, 1.82) is 0 Å². The summed E-state index contributed by atoms with van der Waals surface area (Å²) >= 11 is 0. The van der Waals surface area contributed by atoms with Crippen molar-refractivity contribution in [2.24, 2.45) is 17.8 Å². The summed E-state index contributed by atoms with van der Waals surface area (Å²) in [5, 5.41) is 24.1. The highest BCUT2D eigenvalue weighted by Gasteiger charge is 2.86. The number of carbonyl (C=O) groups excluding carboxylic acids is 5. The minimum Gasteiger partial charge on any atom is -0.467 e. The normalized spacial score (nSPS) is 28.9. The van der Waals surface area contributed by atoms with Gasteiger partial charge in [-0.25, -0.2) is 19.2 Å². The van der Waals surface area contributed by atoms with Crippen LogP contribution in [0.25, 0.3) is 0 Å². The number of hydrogen-bond donors (Lipinski definition) is 2. The maximum Gasteiger partial charge on any atom is 0.346 e. The number of methoxy groups -OCH3 is 3. The van der Waals surface area contributed by atoms with Gasteiger partial charge in [0.1, 0.15) is 12.2 Å². The quantitative estimate of drug-likeness (QED) is 0.103. The van der Waals surface area contributed by atoms with E-state index in [-0.39, 0.29) is 18.3 Å². The standard InChI is InChI=1S/C38H52O14/c1-10-22(2)20-23(3)16-17-28(40)50-31-30(41)36(19-18-24(4)29(49-26(6)39)25(5)21-27-14-12-11-13-15-27)51-32(33(42)46-7)37(45,34(43)47-8)38(31,52-36)35(44)48-9/h11-17,22-23,25,29-32,41,45H,4,10,18-21H2,1-3,5-9H3/b17-16+/t22-,23+,25+,29+,30+,31+,32+,36-,37+,38-/m0/s1. The van der Waals surface area contributed by atoms with Crippen molar-refractivity contribution in [3.63, 3.8) is 0 Å². The Morgan fingerprint density at radius 2 is 1.63 bits per heavy atom. The Kier molecular flexibility index (Phi) is 14.3. The molecular formula is C38H52O14. The molecule has 0 aliphatic carbocycles. The van der Waals surface area contributed by atoms with Gasteiger partial charge in [-0.2, -0.15) is 0 Å². The van der Waals surface area contributed by atoms with Gasteiger partial charge in [0, 0.05) is 25.3 Å². The first-order valence-corrected chi connectivity index (χ1v) is 17.3. The SMILES string of the molecule is C=C(CC[C@]12O[C@H](C(=O)OC)[C@@](O)(C(=O)OC)[C@](C(=O)OC)(O1)[C@H](OC(=O)/C=C/[C@@H](C)C[C@@H](C)CC)[C@H]2O)[C@@H](OC(C)=O)[C@H](C)Cc1ccccc1. The van der Waals surface area contributed by atoms with Crippen molar-refractivity contribution >= 4 is 29.8 Å². The number of allylic oxidation sites excluding steroid dienone is 1. The molecule has 2 saturated heterocycles. The molecule has 0 amide bonds. The second kappa shape index (κ2) is 17.6. The maximum atomic E-state index is 13.9. The summed E-state index contributed by atoms with van der Waals surface area (Å²) < 4.78 is 38.0. The summed E-state index contributed by atoms with van der Waals surface area (Å²) in [5.74, 6) is -8.51. The zero-order chi connectivity index (χ0) is 39.0. The summed E-state index contributed by atoms with van der Waals surface area (Å²) in [6.07, 6.45) is -3.22. The minimum atomic E-state index is -3.41. The summed E-state index contributed by atoms with van der Waals surface area (Å²) in [5.41, 5.74) is -5.21. The van der Waals surface area contributed by atoms with Crippen LogP contribution in [0.5, 0.6) is 0 Å². The van der Waals surface area contributed by atoms with E-state index in [2.05, 4.69) is 13.5 Å². The van der Waals surface area contributed by atoms with Crippen LogP contribution in [0, 0.1) is 17.8 Å². The Labute approximate surface area is 304 Å². The van der Waals surface area contributed by atoms with Gasteiger partial charge in [-0.3, -0.25) is 4.79 Å². The van der Waals surface area contributed by atoms with E-state index >= 15 is 0 Å². The van der Waals surface area contributed by atoms with E-state index in [9.17, 15) is 34.2 Å². The number of aliphatic hydroxyl groups excluding tert-OH is 1. The monoisotopic (exact) mass is 732 g/mol. The Bertz CT molecular complexity index is 1490. The highest BCUT2D eigenvalue weighted by Crippen LogP contribution is 2.56. The number of esters is 5. The highest BCUT2D eigenvalue weighted by atomic mass is 16.8. The Morgan fingerprint density at radius 1 is 1.00 bits per heavy atom. The maximum absolute atomic E-state index is 13.9. The van der Waals surface area contributed by atoms with Gasteiger partial charge in [0.25, 0.3) is 5.60 Å². The van der Waals surface area contributed by atoms with E-state index in [1.807, 2.05) is 51.1 Å². The number of carbonyl (C=O) groups is 5. The topological polar surface area (TPSA) is 190 Å². The molecule has 2 fully saturated rings. The fraction of sp³-hybridized carbons (Fsp3) is 0.605. The van der Waals surface area contributed by atoms with Crippen molar-refractivity contribution in [2.45, 2.75) is 108 Å². The predicted molar refractivity (Wildman–Crippen MR) is 184 cm³/mol. The molecule has 0 spiro atoms. The van der Waals surface area contributed by atoms with Gasteiger partial charge in [-0.1, -0.05) is 77.1 Å². The van der Waals surface area contributed by atoms with Crippen LogP contribution in [-0.4, -0.2) is 103 Å². The number of fused-ring (bicyclic) bond motifs is 2. The molecule has 0 aromatic heterocycles. The molecule has 2 aliphatic heterocycles. The average Bonchev–Trinajstić information content (AvgIpc) is 3.34. The molecule has 1 aromatic rings. The molecule has 0 saturated carbocycles. The molecule has 3 rings (SSSR count). The van der Waals surface area contributed by atoms with Crippen LogP contribution < -0.4 is 0 Å². The number of benzene rings is 1. The minimum absolute atomic E-state index is 0.0631. The summed E-state index contributed by atoms with van der Waals surface area (Å²) in [6.45, 7) is 13.2. The number of ether oxygens (including phenoxy) is 7. The van der Waals surface area contributed by atoms with Crippen LogP contribution in [0.15, 0.2) is 54.6 Å². The van der Waals surface area contributed by atoms with Crippen molar-refractivity contribution in [3.8, 4) is 0 Å². The van der Waals surface area contributed by atoms with Gasteiger partial charge in [-0.05, 0) is 42.2 Å². The molecule has 0 radical (unpaired) electrons. The molecule has 0 unspecified atom stereocenters. The lowest BCUT2D eigenvalue weighted by molar-refractivity contribution is -0.374. The van der Waals surface area contributed by atoms with Crippen LogP contribution in [0.2, 0.25) is 0 Å². The highest BCUT2D eigenvalue weighted by molar-refractivity contribution is 5.99. The fourth-order valence-corrected chi connectivity index (χ4v) is 6.96. The second-order valence-corrected chi connectivity index (χ2v) is 13.7. The lowest BCUT2D eigenvalue weighted by Crippen LogP contribution is -2.78. The lowest BCUT2D eigenvalue weighted by atomic mass is 9.74. The van der Waals surface area contributed by atoms with E-state index in [4.69, 9.17) is 33.2 Å². The molecule has 10 atom stereocenters. The van der Waals surface area contributed by atoms with Gasteiger partial charge in [0.2, 0.25) is 17.5 Å². The molecule has 14 heteroatoms. The third kappa shape index (κ3) is 8.41. The summed E-state index contributed by atoms with van der Waals surface area (Å²) in [6, 6.07) is 9.48. The zero-order valence-corrected chi connectivity index (χ0v) is 31.1. The van der Waals surface area contributed by atoms with E-state index in [0.717, 1.165) is 45.8 Å². The first-order valence-electron chi connectivity index (χ1n) is 17.3. The summed E-state index contributed by atoms with van der Waals surface area (Å²) in [7, 11) is 2.71. The molecule has 2 aliphatic rings. The third-order valence-corrected chi connectivity index (χ3v) is 9.82. The van der Waals surface area contributed by atoms with Crippen LogP contribution in [0.3, 0.4) is 0 Å². The van der Waals surface area contributed by atoms with Crippen LogP contribution >= 0.6 is 0 Å². The number of hydrogen-bond acceptors (Lipinski definition) is 14. The van der Waals surface area contributed by atoms with E-state index in [1.54, 1.807) is 6.08 Å². The van der Waals surface area contributed by atoms with Crippen molar-refractivity contribution in [3.05, 3.63) is 60.2 Å². The molecule has 14 nitrogen and oxygen atoms in total. The lowest BCUT2D eigenvalue weighted by Gasteiger charge is -2.49. The predicted octanol–water partition coefficient (Wildman–Crippen LogP) is 3.15. The largest absolute Gasteiger partial charge is 0.467 e. The number of rotatable bonds is 17. The molecule has 1 aromatic carbocycles. The number of aliphatic hydroxyl groups is 2.